The zero-order chi connectivity index (χ0) is 32.8. The number of hydrogen-bond acceptors (Lipinski definition) is 7. The second-order valence-corrected chi connectivity index (χ2v) is 14.6. The Bertz CT molecular complexity index is 1820. The summed E-state index contributed by atoms with van der Waals surface area (Å²) in [5.74, 6) is 1.08. The van der Waals surface area contributed by atoms with Crippen LogP contribution in [0.25, 0.3) is 22.3 Å². The van der Waals surface area contributed by atoms with E-state index in [2.05, 4.69) is 43.7 Å². The van der Waals surface area contributed by atoms with E-state index in [-0.39, 0.29) is 5.91 Å². The Morgan fingerprint density at radius 3 is 2.52 bits per heavy atom. The standard InChI is InChI=1S/C38H46FN7O2/c1-25-18-32-34(23-33(25)45-15-9-38(10-16-45)7-13-44(14-8-38)29-21-28(39)22-29)46-12-4-3-5-17-48-35-6-11-40-24-30(35)31-20-27(19-26(2)41-31)36(47)43-37(46)42-32/h6,11,18-20,23-24,28-29H,3-5,7-10,12-17,21-22H2,1-2H3,(H,42,43,47). The Balaban J connectivity index is 1.04. The number of anilines is 2. The molecular formula is C38H46FN7O2. The number of alkyl halides is 1. The molecule has 252 valence electrons. The van der Waals surface area contributed by atoms with Gasteiger partial charge in [0.2, 0.25) is 5.95 Å². The molecule has 1 aliphatic carbocycles. The molecular weight excluding hydrogens is 605 g/mol. The molecule has 3 aliphatic heterocycles. The van der Waals surface area contributed by atoms with E-state index in [1.54, 1.807) is 18.5 Å². The summed E-state index contributed by atoms with van der Waals surface area (Å²) in [6, 6.07) is 10.4. The van der Waals surface area contributed by atoms with Gasteiger partial charge in [-0.1, -0.05) is 0 Å². The van der Waals surface area contributed by atoms with E-state index in [9.17, 15) is 9.18 Å². The lowest BCUT2D eigenvalue weighted by Gasteiger charge is -2.50. The third-order valence-electron chi connectivity index (χ3n) is 11.4. The van der Waals surface area contributed by atoms with Crippen LogP contribution in [-0.2, 0) is 6.54 Å². The minimum atomic E-state index is -0.581. The number of benzene rings is 1. The third kappa shape index (κ3) is 6.04. The van der Waals surface area contributed by atoms with Gasteiger partial charge in [0.05, 0.1) is 28.9 Å². The van der Waals surface area contributed by atoms with E-state index in [1.807, 2.05) is 19.1 Å². The van der Waals surface area contributed by atoms with E-state index in [1.165, 1.54) is 36.9 Å². The molecule has 1 spiro atoms. The van der Waals surface area contributed by atoms with Crippen molar-refractivity contribution in [2.45, 2.75) is 90.4 Å². The number of rotatable bonds is 2. The first-order valence-corrected chi connectivity index (χ1v) is 17.9. The Morgan fingerprint density at radius 1 is 0.938 bits per heavy atom. The summed E-state index contributed by atoms with van der Waals surface area (Å²) in [5, 5.41) is 3.16. The van der Waals surface area contributed by atoms with Gasteiger partial charge < -0.3 is 19.1 Å². The molecule has 4 aromatic rings. The van der Waals surface area contributed by atoms with Crippen LogP contribution in [0.5, 0.6) is 5.75 Å². The van der Waals surface area contributed by atoms with Gasteiger partial charge in [-0.3, -0.25) is 20.1 Å². The molecule has 4 aliphatic rings. The van der Waals surface area contributed by atoms with Crippen molar-refractivity contribution in [3.8, 4) is 17.0 Å². The highest BCUT2D eigenvalue weighted by Gasteiger charge is 2.42. The molecule has 3 aromatic heterocycles. The number of imidazole rings is 1. The number of ether oxygens (including phenoxy) is 1. The van der Waals surface area contributed by atoms with Gasteiger partial charge in [0, 0.05) is 55.0 Å². The van der Waals surface area contributed by atoms with E-state index in [0.717, 1.165) is 92.9 Å². The number of amides is 1. The second-order valence-electron chi connectivity index (χ2n) is 14.6. The maximum Gasteiger partial charge on any atom is 0.258 e. The number of likely N-dealkylation sites (tertiary alicyclic amines) is 1. The van der Waals surface area contributed by atoms with Crippen molar-refractivity contribution in [2.24, 2.45) is 5.41 Å². The lowest BCUT2D eigenvalue weighted by Crippen LogP contribution is -2.53. The fraction of sp³-hybridized carbons (Fsp3) is 0.526. The monoisotopic (exact) mass is 651 g/mol. The van der Waals surface area contributed by atoms with Gasteiger partial charge in [0.1, 0.15) is 11.9 Å². The van der Waals surface area contributed by atoms with Gasteiger partial charge >= 0.3 is 0 Å². The number of carbonyl (C=O) groups excluding carboxylic acids is 1. The van der Waals surface area contributed by atoms with Crippen molar-refractivity contribution in [1.82, 2.24) is 24.4 Å². The summed E-state index contributed by atoms with van der Waals surface area (Å²) in [4.78, 5) is 32.9. The molecule has 1 N–H and O–H groups in total. The van der Waals surface area contributed by atoms with Crippen LogP contribution >= 0.6 is 0 Å². The predicted molar refractivity (Wildman–Crippen MR) is 187 cm³/mol. The van der Waals surface area contributed by atoms with Gasteiger partial charge in [-0.05, 0) is 126 Å². The average molecular weight is 652 g/mol. The molecule has 0 radical (unpaired) electrons. The number of fused-ring (bicyclic) bond motifs is 7. The Morgan fingerprint density at radius 2 is 1.73 bits per heavy atom. The van der Waals surface area contributed by atoms with E-state index >= 15 is 0 Å². The fourth-order valence-electron chi connectivity index (χ4n) is 8.37. The number of piperidine rings is 2. The number of halogens is 1. The van der Waals surface area contributed by atoms with Crippen LogP contribution in [0.4, 0.5) is 16.0 Å². The fourth-order valence-corrected chi connectivity index (χ4v) is 8.37. The molecule has 1 amide bonds. The summed E-state index contributed by atoms with van der Waals surface area (Å²) in [5.41, 5.74) is 7.54. The van der Waals surface area contributed by atoms with Crippen molar-refractivity contribution in [2.75, 3.05) is 43.0 Å². The van der Waals surface area contributed by atoms with Crippen LogP contribution in [-0.4, -0.2) is 75.3 Å². The van der Waals surface area contributed by atoms with Crippen LogP contribution in [0.2, 0.25) is 0 Å². The first-order valence-electron chi connectivity index (χ1n) is 17.9. The van der Waals surface area contributed by atoms with Crippen LogP contribution in [0.15, 0.2) is 42.7 Å². The lowest BCUT2D eigenvalue weighted by atomic mass is 9.70. The first kappa shape index (κ1) is 31.2. The van der Waals surface area contributed by atoms with Crippen LogP contribution in [0.3, 0.4) is 0 Å². The van der Waals surface area contributed by atoms with E-state index in [4.69, 9.17) is 14.7 Å². The zero-order valence-electron chi connectivity index (χ0n) is 28.2. The summed E-state index contributed by atoms with van der Waals surface area (Å²) in [7, 11) is 0. The Hall–Kier alpha value is -4.05. The van der Waals surface area contributed by atoms with E-state index < -0.39 is 6.17 Å². The van der Waals surface area contributed by atoms with Crippen molar-refractivity contribution in [1.29, 1.82) is 0 Å². The number of pyridine rings is 2. The molecule has 0 unspecified atom stereocenters. The highest BCUT2D eigenvalue weighted by molar-refractivity contribution is 6.05. The number of aryl methyl sites for hydroxylation is 3. The molecule has 1 saturated carbocycles. The van der Waals surface area contributed by atoms with Crippen molar-refractivity contribution < 1.29 is 13.9 Å². The van der Waals surface area contributed by atoms with Crippen LogP contribution < -0.4 is 15.0 Å². The van der Waals surface area contributed by atoms with Gasteiger partial charge in [0.15, 0.2) is 0 Å². The SMILES string of the molecule is Cc1cc2cc(n1)-c1cnccc1OCCCCCn1c(nc3cc(C)c(N4CCC5(CC4)CCN(C4CC(F)C4)CC5)cc31)NC2=O. The Labute approximate surface area is 281 Å². The largest absolute Gasteiger partial charge is 0.493 e. The molecule has 8 rings (SSSR count). The first-order chi connectivity index (χ1) is 23.3. The van der Waals surface area contributed by atoms with Crippen molar-refractivity contribution in [3.05, 3.63) is 59.5 Å². The maximum absolute atomic E-state index is 13.8. The smallest absolute Gasteiger partial charge is 0.258 e. The van der Waals surface area contributed by atoms with Gasteiger partial charge in [-0.2, -0.15) is 0 Å². The number of nitrogens with zero attached hydrogens (tertiary/aromatic N) is 6. The topological polar surface area (TPSA) is 88.4 Å². The molecule has 1 aromatic carbocycles. The average Bonchev–Trinajstić information content (AvgIpc) is 3.40. The number of nitrogens with one attached hydrogen (secondary N) is 1. The second kappa shape index (κ2) is 12.8. The third-order valence-corrected chi connectivity index (χ3v) is 11.4. The Kier molecular flexibility index (Phi) is 8.31. The van der Waals surface area contributed by atoms with Gasteiger partial charge in [-0.15, -0.1) is 0 Å². The summed E-state index contributed by atoms with van der Waals surface area (Å²) in [6.07, 6.45) is 12.1. The minimum Gasteiger partial charge on any atom is -0.493 e. The zero-order valence-corrected chi connectivity index (χ0v) is 28.2. The molecule has 10 heteroatoms. The predicted octanol–water partition coefficient (Wildman–Crippen LogP) is 7.11. The number of carbonyl (C=O) groups is 1. The molecule has 6 heterocycles. The van der Waals surface area contributed by atoms with Crippen LogP contribution in [0.1, 0.15) is 79.4 Å². The highest BCUT2D eigenvalue weighted by atomic mass is 19.1. The molecule has 9 nitrogen and oxygen atoms in total. The molecule has 2 bridgehead atoms. The summed E-state index contributed by atoms with van der Waals surface area (Å²) < 4.78 is 21.9. The maximum atomic E-state index is 13.8. The summed E-state index contributed by atoms with van der Waals surface area (Å²) >= 11 is 0. The van der Waals surface area contributed by atoms with Crippen LogP contribution in [0, 0.1) is 19.3 Å². The highest BCUT2D eigenvalue weighted by Crippen LogP contribution is 2.44. The lowest BCUT2D eigenvalue weighted by molar-refractivity contribution is 0.000289. The molecule has 0 atom stereocenters. The molecule has 2 saturated heterocycles. The van der Waals surface area contributed by atoms with Crippen molar-refractivity contribution >= 4 is 28.6 Å². The minimum absolute atomic E-state index is 0.217. The normalized spacial score (nSPS) is 23.3. The van der Waals surface area contributed by atoms with E-state index in [0.29, 0.717) is 35.3 Å². The van der Waals surface area contributed by atoms with Gasteiger partial charge in [0.25, 0.3) is 5.91 Å². The summed E-state index contributed by atoms with van der Waals surface area (Å²) in [6.45, 7) is 9.74. The van der Waals surface area contributed by atoms with Crippen molar-refractivity contribution in [3.63, 3.8) is 0 Å². The quantitative estimate of drug-likeness (QED) is 0.247. The molecule has 48 heavy (non-hydrogen) atoms. The molecule has 3 fully saturated rings. The number of hydrogen-bond donors (Lipinski definition) is 1. The van der Waals surface area contributed by atoms with Gasteiger partial charge in [-0.25, -0.2) is 9.37 Å². The number of aromatic nitrogens is 4.